The van der Waals surface area contributed by atoms with Crippen LogP contribution in [0.3, 0.4) is 0 Å². The molecule has 1 saturated heterocycles. The van der Waals surface area contributed by atoms with Crippen LogP contribution in [0.2, 0.25) is 0 Å². The Labute approximate surface area is 156 Å². The number of amides is 1. The largest absolute Gasteiger partial charge is 0.461 e. The highest BCUT2D eigenvalue weighted by atomic mass is 16.5. The van der Waals surface area contributed by atoms with Crippen molar-refractivity contribution in [2.24, 2.45) is 0 Å². The van der Waals surface area contributed by atoms with Crippen molar-refractivity contribution in [3.63, 3.8) is 0 Å². The number of carbonyl (C=O) groups is 2. The second-order valence-corrected chi connectivity index (χ2v) is 6.55. The molecular weight excluding hydrogens is 352 g/mol. The molecular formula is C18H24N4O5. The summed E-state index contributed by atoms with van der Waals surface area (Å²) in [6, 6.07) is -0.683. The van der Waals surface area contributed by atoms with Crippen LogP contribution in [0.5, 0.6) is 0 Å². The SMILES string of the molecule is CCOC(=O)c1noc2ncn(C(CC)C(=O)N3CCCCCC3)c(=O)c12. The summed E-state index contributed by atoms with van der Waals surface area (Å²) in [6.45, 7) is 5.04. The summed E-state index contributed by atoms with van der Waals surface area (Å²) in [5, 5.41) is 3.57. The number of fused-ring (bicyclic) bond motifs is 1. The van der Waals surface area contributed by atoms with Crippen molar-refractivity contribution in [3.8, 4) is 0 Å². The molecule has 3 rings (SSSR count). The third kappa shape index (κ3) is 3.72. The van der Waals surface area contributed by atoms with Crippen LogP contribution in [0, 0.1) is 0 Å². The van der Waals surface area contributed by atoms with Gasteiger partial charge in [-0.15, -0.1) is 0 Å². The zero-order valence-electron chi connectivity index (χ0n) is 15.6. The lowest BCUT2D eigenvalue weighted by Crippen LogP contribution is -2.41. The summed E-state index contributed by atoms with van der Waals surface area (Å²) in [6.07, 6.45) is 5.87. The third-order valence-corrected chi connectivity index (χ3v) is 4.82. The monoisotopic (exact) mass is 376 g/mol. The number of aromatic nitrogens is 3. The van der Waals surface area contributed by atoms with Crippen LogP contribution in [0.15, 0.2) is 15.6 Å². The zero-order chi connectivity index (χ0) is 19.4. The molecule has 0 spiro atoms. The molecule has 9 nitrogen and oxygen atoms in total. The second-order valence-electron chi connectivity index (χ2n) is 6.55. The van der Waals surface area contributed by atoms with Crippen LogP contribution in [0.1, 0.15) is 62.5 Å². The van der Waals surface area contributed by atoms with Gasteiger partial charge in [-0.1, -0.05) is 24.9 Å². The minimum absolute atomic E-state index is 0.0450. The molecule has 0 radical (unpaired) electrons. The van der Waals surface area contributed by atoms with Crippen molar-refractivity contribution in [3.05, 3.63) is 22.4 Å². The first-order valence-corrected chi connectivity index (χ1v) is 9.40. The molecule has 0 saturated carbocycles. The molecule has 0 N–H and O–H groups in total. The highest BCUT2D eigenvalue weighted by Gasteiger charge is 2.29. The van der Waals surface area contributed by atoms with Crippen LogP contribution in [-0.4, -0.2) is 51.2 Å². The zero-order valence-corrected chi connectivity index (χ0v) is 15.6. The van der Waals surface area contributed by atoms with E-state index in [2.05, 4.69) is 10.1 Å². The highest BCUT2D eigenvalue weighted by Crippen LogP contribution is 2.19. The van der Waals surface area contributed by atoms with Crippen LogP contribution < -0.4 is 5.56 Å². The van der Waals surface area contributed by atoms with E-state index >= 15 is 0 Å². The van der Waals surface area contributed by atoms with E-state index in [1.807, 2.05) is 11.8 Å². The molecule has 27 heavy (non-hydrogen) atoms. The molecule has 9 heteroatoms. The Balaban J connectivity index is 2.00. The van der Waals surface area contributed by atoms with Crippen molar-refractivity contribution in [1.29, 1.82) is 0 Å². The Kier molecular flexibility index (Phi) is 5.88. The maximum atomic E-state index is 13.0. The fourth-order valence-electron chi connectivity index (χ4n) is 3.41. The molecule has 2 aromatic heterocycles. The average Bonchev–Trinajstić information content (AvgIpc) is 2.91. The van der Waals surface area contributed by atoms with Gasteiger partial charge >= 0.3 is 5.97 Å². The lowest BCUT2D eigenvalue weighted by molar-refractivity contribution is -0.135. The first-order valence-electron chi connectivity index (χ1n) is 9.40. The highest BCUT2D eigenvalue weighted by molar-refractivity contribution is 5.99. The van der Waals surface area contributed by atoms with E-state index in [9.17, 15) is 14.4 Å². The Morgan fingerprint density at radius 1 is 1.22 bits per heavy atom. The quantitative estimate of drug-likeness (QED) is 0.734. The smallest absolute Gasteiger partial charge is 0.361 e. The Morgan fingerprint density at radius 2 is 1.93 bits per heavy atom. The van der Waals surface area contributed by atoms with Gasteiger partial charge in [0.25, 0.3) is 11.3 Å². The lowest BCUT2D eigenvalue weighted by atomic mass is 10.1. The number of hydrogen-bond acceptors (Lipinski definition) is 7. The van der Waals surface area contributed by atoms with Gasteiger partial charge in [-0.2, -0.15) is 0 Å². The standard InChI is InChI=1S/C18H24N4O5/c1-3-12(16(23)21-9-7-5-6-8-10-21)22-11-19-15-13(17(22)24)14(20-27-15)18(25)26-4-2/h11-12H,3-10H2,1-2H3. The first-order chi connectivity index (χ1) is 13.1. The van der Waals surface area contributed by atoms with E-state index in [4.69, 9.17) is 9.26 Å². The molecule has 1 aliphatic rings. The molecule has 0 aliphatic carbocycles. The van der Waals surface area contributed by atoms with Crippen molar-refractivity contribution in [1.82, 2.24) is 19.6 Å². The van der Waals surface area contributed by atoms with Crippen LogP contribution >= 0.6 is 0 Å². The van der Waals surface area contributed by atoms with Crippen molar-refractivity contribution in [2.75, 3.05) is 19.7 Å². The summed E-state index contributed by atoms with van der Waals surface area (Å²) in [5.41, 5.74) is -0.786. The molecule has 0 aromatic carbocycles. The van der Waals surface area contributed by atoms with E-state index < -0.39 is 17.6 Å². The molecule has 3 heterocycles. The Hall–Kier alpha value is -2.71. The number of esters is 1. The minimum Gasteiger partial charge on any atom is -0.461 e. The van der Waals surface area contributed by atoms with E-state index in [0.29, 0.717) is 19.5 Å². The summed E-state index contributed by atoms with van der Waals surface area (Å²) < 4.78 is 11.2. The van der Waals surface area contributed by atoms with Gasteiger partial charge in [-0.3, -0.25) is 14.2 Å². The van der Waals surface area contributed by atoms with Gasteiger partial charge in [-0.05, 0) is 26.2 Å². The van der Waals surface area contributed by atoms with E-state index in [1.54, 1.807) is 6.92 Å². The molecule has 1 unspecified atom stereocenters. The number of ether oxygens (including phenoxy) is 1. The summed E-state index contributed by atoms with van der Waals surface area (Å²) in [7, 11) is 0. The predicted molar refractivity (Wildman–Crippen MR) is 96.4 cm³/mol. The van der Waals surface area contributed by atoms with Gasteiger partial charge in [0.15, 0.2) is 0 Å². The van der Waals surface area contributed by atoms with Crippen LogP contribution in [0.25, 0.3) is 11.1 Å². The molecule has 1 amide bonds. The van der Waals surface area contributed by atoms with Gasteiger partial charge in [0, 0.05) is 13.1 Å². The van der Waals surface area contributed by atoms with Crippen molar-refractivity contribution in [2.45, 2.75) is 52.0 Å². The number of nitrogens with zero attached hydrogens (tertiary/aromatic N) is 4. The topological polar surface area (TPSA) is 108 Å². The molecule has 1 atom stereocenters. The molecule has 1 aliphatic heterocycles. The van der Waals surface area contributed by atoms with Gasteiger partial charge in [-0.25, -0.2) is 9.78 Å². The number of carbonyl (C=O) groups excluding carboxylic acids is 2. The fourth-order valence-corrected chi connectivity index (χ4v) is 3.41. The van der Waals surface area contributed by atoms with Crippen molar-refractivity contribution < 1.29 is 18.8 Å². The van der Waals surface area contributed by atoms with E-state index in [-0.39, 0.29) is 29.3 Å². The molecule has 2 aromatic rings. The first kappa shape index (κ1) is 19.1. The summed E-state index contributed by atoms with van der Waals surface area (Å²) >= 11 is 0. The average molecular weight is 376 g/mol. The number of likely N-dealkylation sites (tertiary alicyclic amines) is 1. The fraction of sp³-hybridized carbons (Fsp3) is 0.611. The second kappa shape index (κ2) is 8.32. The molecule has 0 bridgehead atoms. The summed E-state index contributed by atoms with van der Waals surface area (Å²) in [4.78, 5) is 44.0. The minimum atomic E-state index is -0.750. The maximum absolute atomic E-state index is 13.0. The number of rotatable bonds is 5. The Bertz CT molecular complexity index is 879. The predicted octanol–water partition coefficient (Wildman–Crippen LogP) is 1.91. The van der Waals surface area contributed by atoms with Crippen LogP contribution in [0.4, 0.5) is 0 Å². The molecule has 1 fully saturated rings. The van der Waals surface area contributed by atoms with Crippen molar-refractivity contribution >= 4 is 23.0 Å². The van der Waals surface area contributed by atoms with Gasteiger partial charge in [0.1, 0.15) is 17.8 Å². The molecule has 146 valence electrons. The maximum Gasteiger partial charge on any atom is 0.361 e. The van der Waals surface area contributed by atoms with Gasteiger partial charge in [0.2, 0.25) is 11.6 Å². The van der Waals surface area contributed by atoms with E-state index in [0.717, 1.165) is 25.7 Å². The van der Waals surface area contributed by atoms with E-state index in [1.165, 1.54) is 10.9 Å². The van der Waals surface area contributed by atoms with Gasteiger partial charge in [0.05, 0.1) is 6.61 Å². The number of hydrogen-bond donors (Lipinski definition) is 0. The normalized spacial score (nSPS) is 16.1. The van der Waals surface area contributed by atoms with Gasteiger partial charge < -0.3 is 14.2 Å². The lowest BCUT2D eigenvalue weighted by Gasteiger charge is -2.26. The summed E-state index contributed by atoms with van der Waals surface area (Å²) in [5.74, 6) is -0.850. The third-order valence-electron chi connectivity index (χ3n) is 4.82. The Morgan fingerprint density at radius 3 is 2.56 bits per heavy atom. The van der Waals surface area contributed by atoms with Crippen LogP contribution in [-0.2, 0) is 9.53 Å².